The lowest BCUT2D eigenvalue weighted by atomic mass is 10.2. The third-order valence-electron chi connectivity index (χ3n) is 5.95. The number of hydrogen-bond donors (Lipinski definition) is 1. The van der Waals surface area contributed by atoms with E-state index in [0.29, 0.717) is 5.69 Å². The van der Waals surface area contributed by atoms with Crippen LogP contribution in [0.15, 0.2) is 54.6 Å². The van der Waals surface area contributed by atoms with Gasteiger partial charge in [-0.15, -0.1) is 0 Å². The van der Waals surface area contributed by atoms with Crippen LogP contribution in [0, 0.1) is 6.92 Å². The van der Waals surface area contributed by atoms with E-state index in [1.165, 1.54) is 10.5 Å². The number of nitrogens with one attached hydrogen (secondary N) is 1. The monoisotopic (exact) mass is 420 g/mol. The van der Waals surface area contributed by atoms with Crippen molar-refractivity contribution in [2.75, 3.05) is 24.5 Å². The van der Waals surface area contributed by atoms with Gasteiger partial charge in [-0.3, -0.25) is 24.3 Å². The topological polar surface area (TPSA) is 73.0 Å². The summed E-state index contributed by atoms with van der Waals surface area (Å²) in [5.41, 5.74) is 2.98. The minimum atomic E-state index is -0.629. The van der Waals surface area contributed by atoms with Crippen molar-refractivity contribution in [3.63, 3.8) is 0 Å². The molecule has 7 nitrogen and oxygen atoms in total. The fourth-order valence-electron chi connectivity index (χ4n) is 4.26. The Morgan fingerprint density at radius 2 is 1.77 bits per heavy atom. The zero-order valence-electron chi connectivity index (χ0n) is 18.0. The molecule has 1 N–H and O–H groups in total. The lowest BCUT2D eigenvalue weighted by Gasteiger charge is -2.20. The molecule has 0 bridgehead atoms. The van der Waals surface area contributed by atoms with E-state index >= 15 is 0 Å². The molecule has 2 aliphatic heterocycles. The molecule has 0 radical (unpaired) electrons. The van der Waals surface area contributed by atoms with Gasteiger partial charge in [0.2, 0.25) is 5.91 Å². The van der Waals surface area contributed by atoms with E-state index in [2.05, 4.69) is 22.3 Å². The maximum atomic E-state index is 12.9. The van der Waals surface area contributed by atoms with E-state index in [-0.39, 0.29) is 24.4 Å². The van der Waals surface area contributed by atoms with E-state index in [4.69, 9.17) is 0 Å². The van der Waals surface area contributed by atoms with Gasteiger partial charge in [0.15, 0.2) is 0 Å². The number of likely N-dealkylation sites (tertiary alicyclic amines) is 1. The third kappa shape index (κ3) is 4.61. The highest BCUT2D eigenvalue weighted by molar-refractivity contribution is 6.15. The van der Waals surface area contributed by atoms with Crippen molar-refractivity contribution >= 4 is 23.5 Å². The molecule has 2 saturated heterocycles. The molecule has 2 aromatic carbocycles. The predicted octanol–water partition coefficient (Wildman–Crippen LogP) is 2.54. The van der Waals surface area contributed by atoms with Crippen LogP contribution >= 0.6 is 0 Å². The maximum absolute atomic E-state index is 12.9. The summed E-state index contributed by atoms with van der Waals surface area (Å²) in [4.78, 5) is 43.0. The first-order chi connectivity index (χ1) is 14.9. The maximum Gasteiger partial charge on any atom is 0.332 e. The normalized spacial score (nSPS) is 21.7. The zero-order valence-corrected chi connectivity index (χ0v) is 18.0. The molecule has 2 aromatic rings. The Balaban J connectivity index is 1.32. The fraction of sp³-hybridized carbons (Fsp3) is 0.375. The molecule has 162 valence electrons. The minimum absolute atomic E-state index is 0.0228. The van der Waals surface area contributed by atoms with E-state index in [0.717, 1.165) is 36.5 Å². The largest absolute Gasteiger partial charge is 0.350 e. The number of nitrogens with zero attached hydrogens (tertiary/aromatic N) is 3. The SMILES string of the molecule is Cc1ccc(N2C(=O)N(CC(=O)N[C@H]3CCN(Cc4ccccc4)C3)C(=O)[C@@H]2C)cc1. The highest BCUT2D eigenvalue weighted by Crippen LogP contribution is 2.26. The first-order valence-electron chi connectivity index (χ1n) is 10.7. The summed E-state index contributed by atoms with van der Waals surface area (Å²) in [5.74, 6) is -0.649. The molecule has 2 heterocycles. The minimum Gasteiger partial charge on any atom is -0.350 e. The summed E-state index contributed by atoms with van der Waals surface area (Å²) >= 11 is 0. The Labute approximate surface area is 182 Å². The van der Waals surface area contributed by atoms with Crippen molar-refractivity contribution < 1.29 is 14.4 Å². The molecule has 7 heteroatoms. The van der Waals surface area contributed by atoms with Crippen LogP contribution in [0.1, 0.15) is 24.5 Å². The second-order valence-electron chi connectivity index (χ2n) is 8.36. The van der Waals surface area contributed by atoms with E-state index in [9.17, 15) is 14.4 Å². The van der Waals surface area contributed by atoms with Crippen LogP contribution < -0.4 is 10.2 Å². The highest BCUT2D eigenvalue weighted by Gasteiger charge is 2.44. The lowest BCUT2D eigenvalue weighted by molar-refractivity contribution is -0.132. The van der Waals surface area contributed by atoms with Gasteiger partial charge < -0.3 is 5.32 Å². The van der Waals surface area contributed by atoms with Gasteiger partial charge in [-0.05, 0) is 38.0 Å². The molecule has 2 aliphatic rings. The third-order valence-corrected chi connectivity index (χ3v) is 5.95. The summed E-state index contributed by atoms with van der Waals surface area (Å²) in [7, 11) is 0. The average Bonchev–Trinajstić information content (AvgIpc) is 3.27. The van der Waals surface area contributed by atoms with Crippen LogP contribution in [0.5, 0.6) is 0 Å². The summed E-state index contributed by atoms with van der Waals surface area (Å²) in [6.45, 7) is 5.91. The van der Waals surface area contributed by atoms with Crippen LogP contribution in [-0.2, 0) is 16.1 Å². The number of urea groups is 1. The molecule has 4 amide bonds. The summed E-state index contributed by atoms with van der Waals surface area (Å²) in [6.07, 6.45) is 0.854. The summed E-state index contributed by atoms with van der Waals surface area (Å²) < 4.78 is 0. The fourth-order valence-corrected chi connectivity index (χ4v) is 4.26. The van der Waals surface area contributed by atoms with Crippen molar-refractivity contribution in [2.24, 2.45) is 0 Å². The van der Waals surface area contributed by atoms with Crippen LogP contribution in [0.4, 0.5) is 10.5 Å². The first kappa shape index (κ1) is 21.1. The second-order valence-corrected chi connectivity index (χ2v) is 8.36. The van der Waals surface area contributed by atoms with Gasteiger partial charge in [0.05, 0.1) is 0 Å². The molecular weight excluding hydrogens is 392 g/mol. The van der Waals surface area contributed by atoms with Gasteiger partial charge in [0, 0.05) is 31.4 Å². The van der Waals surface area contributed by atoms with Crippen molar-refractivity contribution in [3.8, 4) is 0 Å². The van der Waals surface area contributed by atoms with Crippen molar-refractivity contribution in [2.45, 2.75) is 38.9 Å². The first-order valence-corrected chi connectivity index (χ1v) is 10.7. The lowest BCUT2D eigenvalue weighted by Crippen LogP contribution is -2.45. The highest BCUT2D eigenvalue weighted by atomic mass is 16.2. The Morgan fingerprint density at radius 1 is 1.06 bits per heavy atom. The van der Waals surface area contributed by atoms with Crippen LogP contribution in [0.3, 0.4) is 0 Å². The molecule has 4 rings (SSSR count). The number of rotatable bonds is 6. The number of imide groups is 1. The molecule has 31 heavy (non-hydrogen) atoms. The number of benzene rings is 2. The molecular formula is C24H28N4O3. The quantitative estimate of drug-likeness (QED) is 0.729. The van der Waals surface area contributed by atoms with Crippen molar-refractivity contribution in [1.82, 2.24) is 15.1 Å². The van der Waals surface area contributed by atoms with Gasteiger partial charge in [-0.2, -0.15) is 0 Å². The van der Waals surface area contributed by atoms with Crippen LogP contribution in [0.2, 0.25) is 0 Å². The number of aryl methyl sites for hydroxylation is 1. The Morgan fingerprint density at radius 3 is 2.48 bits per heavy atom. The molecule has 0 saturated carbocycles. The molecule has 0 aliphatic carbocycles. The molecule has 2 atom stereocenters. The zero-order chi connectivity index (χ0) is 22.0. The second kappa shape index (κ2) is 8.89. The van der Waals surface area contributed by atoms with Gasteiger partial charge in [-0.1, -0.05) is 48.0 Å². The summed E-state index contributed by atoms with van der Waals surface area (Å²) in [6, 6.07) is 16.6. The van der Waals surface area contributed by atoms with E-state index in [1.807, 2.05) is 49.4 Å². The standard InChI is InChI=1S/C24H28N4O3/c1-17-8-10-21(11-9-17)28-18(2)23(30)27(24(28)31)16-22(29)25-20-12-13-26(15-20)14-19-6-4-3-5-7-19/h3-11,18,20H,12-16H2,1-2H3,(H,25,29)/t18-,20-/m0/s1. The summed E-state index contributed by atoms with van der Waals surface area (Å²) in [5, 5.41) is 2.99. The van der Waals surface area contributed by atoms with E-state index in [1.54, 1.807) is 6.92 Å². The molecule has 0 aromatic heterocycles. The number of anilines is 1. The van der Waals surface area contributed by atoms with Crippen LogP contribution in [0.25, 0.3) is 0 Å². The van der Waals surface area contributed by atoms with Crippen molar-refractivity contribution in [1.29, 1.82) is 0 Å². The average molecular weight is 421 g/mol. The van der Waals surface area contributed by atoms with Gasteiger partial charge in [-0.25, -0.2) is 4.79 Å². The van der Waals surface area contributed by atoms with Gasteiger partial charge >= 0.3 is 6.03 Å². The van der Waals surface area contributed by atoms with Crippen LogP contribution in [-0.4, -0.2) is 59.4 Å². The smallest absolute Gasteiger partial charge is 0.332 e. The molecule has 0 spiro atoms. The van der Waals surface area contributed by atoms with E-state index < -0.39 is 12.1 Å². The van der Waals surface area contributed by atoms with Gasteiger partial charge in [0.25, 0.3) is 5.91 Å². The predicted molar refractivity (Wildman–Crippen MR) is 118 cm³/mol. The molecule has 2 fully saturated rings. The van der Waals surface area contributed by atoms with Crippen molar-refractivity contribution in [3.05, 3.63) is 65.7 Å². The number of hydrogen-bond acceptors (Lipinski definition) is 4. The number of carbonyl (C=O) groups is 3. The number of amides is 4. The molecule has 0 unspecified atom stereocenters. The van der Waals surface area contributed by atoms with Gasteiger partial charge in [0.1, 0.15) is 12.6 Å². The number of carbonyl (C=O) groups excluding carboxylic acids is 3. The Bertz CT molecular complexity index is 961. The Hall–Kier alpha value is -3.19. The Kier molecular flexibility index (Phi) is 6.04.